The standard InChI is InChI=1S/C13H11F4N3O/c1-7(20-12(21)9-5-18-19-6-9)8-2-3-11(14)10(4-8)13(15,16)17/h2-7H,1H3,(H,18,19)(H,20,21)/t7-/m0/s1. The van der Waals surface area contributed by atoms with Gasteiger partial charge in [0.2, 0.25) is 0 Å². The van der Waals surface area contributed by atoms with Gasteiger partial charge in [-0.15, -0.1) is 0 Å². The van der Waals surface area contributed by atoms with Gasteiger partial charge < -0.3 is 5.32 Å². The Balaban J connectivity index is 2.20. The fourth-order valence-corrected chi connectivity index (χ4v) is 1.77. The van der Waals surface area contributed by atoms with Gasteiger partial charge in [0.05, 0.1) is 23.4 Å². The highest BCUT2D eigenvalue weighted by Gasteiger charge is 2.34. The molecule has 112 valence electrons. The molecule has 0 aliphatic rings. The van der Waals surface area contributed by atoms with Crippen LogP contribution in [0.1, 0.15) is 34.5 Å². The third-order valence-corrected chi connectivity index (χ3v) is 2.90. The van der Waals surface area contributed by atoms with Crippen molar-refractivity contribution in [2.24, 2.45) is 0 Å². The number of aromatic amines is 1. The van der Waals surface area contributed by atoms with E-state index in [2.05, 4.69) is 15.5 Å². The predicted octanol–water partition coefficient (Wildman–Crippen LogP) is 3.06. The number of H-pyrrole nitrogens is 1. The number of hydrogen-bond donors (Lipinski definition) is 2. The number of rotatable bonds is 3. The first-order chi connectivity index (χ1) is 9.79. The Bertz CT molecular complexity index is 637. The Morgan fingerprint density at radius 1 is 1.38 bits per heavy atom. The van der Waals surface area contributed by atoms with E-state index < -0.39 is 29.5 Å². The average Bonchev–Trinajstić information content (AvgIpc) is 2.91. The van der Waals surface area contributed by atoms with Gasteiger partial charge >= 0.3 is 6.18 Å². The number of carbonyl (C=O) groups is 1. The summed E-state index contributed by atoms with van der Waals surface area (Å²) in [4.78, 5) is 11.8. The summed E-state index contributed by atoms with van der Waals surface area (Å²) in [6.07, 6.45) is -2.14. The maximum absolute atomic E-state index is 13.2. The molecule has 0 aliphatic carbocycles. The maximum atomic E-state index is 13.2. The zero-order valence-electron chi connectivity index (χ0n) is 10.8. The number of halogens is 4. The van der Waals surface area contributed by atoms with Crippen LogP contribution in [0.4, 0.5) is 17.6 Å². The van der Waals surface area contributed by atoms with Gasteiger partial charge in [-0.1, -0.05) is 6.07 Å². The molecule has 2 aromatic rings. The molecule has 1 heterocycles. The first-order valence-electron chi connectivity index (χ1n) is 5.95. The van der Waals surface area contributed by atoms with Crippen LogP contribution in [0, 0.1) is 5.82 Å². The number of alkyl halides is 3. The van der Waals surface area contributed by atoms with Crippen LogP contribution in [0.5, 0.6) is 0 Å². The normalized spacial score (nSPS) is 13.0. The van der Waals surface area contributed by atoms with Crippen molar-refractivity contribution in [1.29, 1.82) is 0 Å². The number of hydrogen-bond acceptors (Lipinski definition) is 2. The predicted molar refractivity (Wildman–Crippen MR) is 65.9 cm³/mol. The van der Waals surface area contributed by atoms with Crippen LogP contribution in [-0.4, -0.2) is 16.1 Å². The van der Waals surface area contributed by atoms with Gasteiger partial charge in [0.25, 0.3) is 5.91 Å². The summed E-state index contributed by atoms with van der Waals surface area (Å²) in [5.41, 5.74) is -0.954. The summed E-state index contributed by atoms with van der Waals surface area (Å²) < 4.78 is 51.1. The molecule has 21 heavy (non-hydrogen) atoms. The van der Waals surface area contributed by atoms with Gasteiger partial charge in [-0.25, -0.2) is 4.39 Å². The molecule has 0 radical (unpaired) electrons. The summed E-state index contributed by atoms with van der Waals surface area (Å²) in [6.45, 7) is 1.51. The van der Waals surface area contributed by atoms with Crippen LogP contribution in [0.15, 0.2) is 30.6 Å². The minimum atomic E-state index is -4.78. The molecular formula is C13H11F4N3O. The molecule has 0 spiro atoms. The molecule has 2 N–H and O–H groups in total. The van der Waals surface area contributed by atoms with Crippen LogP contribution in [0.3, 0.4) is 0 Å². The number of benzene rings is 1. The largest absolute Gasteiger partial charge is 0.419 e. The van der Waals surface area contributed by atoms with Gasteiger partial charge in [0, 0.05) is 6.20 Å². The van der Waals surface area contributed by atoms with E-state index in [-0.39, 0.29) is 11.1 Å². The van der Waals surface area contributed by atoms with Crippen LogP contribution in [0.2, 0.25) is 0 Å². The summed E-state index contributed by atoms with van der Waals surface area (Å²) in [6, 6.07) is 1.91. The molecule has 0 saturated carbocycles. The van der Waals surface area contributed by atoms with Crippen molar-refractivity contribution in [2.45, 2.75) is 19.1 Å². The SMILES string of the molecule is C[C@H](NC(=O)c1cn[nH]c1)c1ccc(F)c(C(F)(F)F)c1. The lowest BCUT2D eigenvalue weighted by atomic mass is 10.0. The summed E-state index contributed by atoms with van der Waals surface area (Å²) in [5.74, 6) is -1.84. The summed E-state index contributed by atoms with van der Waals surface area (Å²) in [7, 11) is 0. The number of nitrogens with one attached hydrogen (secondary N) is 2. The van der Waals surface area contributed by atoms with Crippen LogP contribution >= 0.6 is 0 Å². The zero-order chi connectivity index (χ0) is 15.6. The molecule has 0 unspecified atom stereocenters. The molecule has 8 heteroatoms. The lowest BCUT2D eigenvalue weighted by Crippen LogP contribution is -2.26. The summed E-state index contributed by atoms with van der Waals surface area (Å²) >= 11 is 0. The van der Waals surface area contributed by atoms with Gasteiger partial charge in [-0.2, -0.15) is 18.3 Å². The molecule has 2 rings (SSSR count). The van der Waals surface area contributed by atoms with Crippen molar-refractivity contribution in [2.75, 3.05) is 0 Å². The highest BCUT2D eigenvalue weighted by molar-refractivity contribution is 5.93. The second kappa shape index (κ2) is 5.55. The molecule has 0 fully saturated rings. The van der Waals surface area contributed by atoms with Crippen molar-refractivity contribution >= 4 is 5.91 Å². The molecule has 1 aromatic carbocycles. The van der Waals surface area contributed by atoms with E-state index >= 15 is 0 Å². The highest BCUT2D eigenvalue weighted by Crippen LogP contribution is 2.33. The highest BCUT2D eigenvalue weighted by atomic mass is 19.4. The van der Waals surface area contributed by atoms with Crippen molar-refractivity contribution < 1.29 is 22.4 Å². The lowest BCUT2D eigenvalue weighted by Gasteiger charge is -2.16. The second-order valence-electron chi connectivity index (χ2n) is 4.42. The van der Waals surface area contributed by atoms with Crippen LogP contribution in [0.25, 0.3) is 0 Å². The van der Waals surface area contributed by atoms with E-state index in [4.69, 9.17) is 0 Å². The summed E-state index contributed by atoms with van der Waals surface area (Å²) in [5, 5.41) is 8.56. The number of aromatic nitrogens is 2. The van der Waals surface area contributed by atoms with E-state index in [0.29, 0.717) is 6.07 Å². The molecular weight excluding hydrogens is 290 g/mol. The van der Waals surface area contributed by atoms with Crippen molar-refractivity contribution in [3.63, 3.8) is 0 Å². The quantitative estimate of drug-likeness (QED) is 0.856. The van der Waals surface area contributed by atoms with Crippen LogP contribution < -0.4 is 5.32 Å². The molecule has 4 nitrogen and oxygen atoms in total. The molecule has 1 amide bonds. The zero-order valence-corrected chi connectivity index (χ0v) is 10.8. The smallest absolute Gasteiger partial charge is 0.345 e. The van der Waals surface area contributed by atoms with E-state index in [1.165, 1.54) is 25.4 Å². The topological polar surface area (TPSA) is 57.8 Å². The number of nitrogens with zero attached hydrogens (tertiary/aromatic N) is 1. The van der Waals surface area contributed by atoms with Gasteiger partial charge in [-0.05, 0) is 24.6 Å². The minimum Gasteiger partial charge on any atom is -0.345 e. The van der Waals surface area contributed by atoms with Gasteiger partial charge in [0.15, 0.2) is 0 Å². The van der Waals surface area contributed by atoms with E-state index in [1.807, 2.05) is 0 Å². The van der Waals surface area contributed by atoms with Crippen molar-refractivity contribution in [3.8, 4) is 0 Å². The Hall–Kier alpha value is -2.38. The van der Waals surface area contributed by atoms with Gasteiger partial charge in [0.1, 0.15) is 5.82 Å². The molecule has 0 saturated heterocycles. The molecule has 1 atom stereocenters. The molecule has 0 bridgehead atoms. The van der Waals surface area contributed by atoms with Gasteiger partial charge in [-0.3, -0.25) is 9.89 Å². The average molecular weight is 301 g/mol. The fourth-order valence-electron chi connectivity index (χ4n) is 1.77. The first-order valence-corrected chi connectivity index (χ1v) is 5.95. The first kappa shape index (κ1) is 15.0. The van der Waals surface area contributed by atoms with Crippen molar-refractivity contribution in [1.82, 2.24) is 15.5 Å². The van der Waals surface area contributed by atoms with Crippen molar-refractivity contribution in [3.05, 3.63) is 53.1 Å². The Kier molecular flexibility index (Phi) is 3.97. The van der Waals surface area contributed by atoms with Crippen LogP contribution in [-0.2, 0) is 6.18 Å². The monoisotopic (exact) mass is 301 g/mol. The van der Waals surface area contributed by atoms with E-state index in [1.54, 1.807) is 0 Å². The van der Waals surface area contributed by atoms with E-state index in [0.717, 1.165) is 6.07 Å². The fraction of sp³-hybridized carbons (Fsp3) is 0.231. The minimum absolute atomic E-state index is 0.153. The molecule has 0 aliphatic heterocycles. The third-order valence-electron chi connectivity index (χ3n) is 2.90. The Morgan fingerprint density at radius 2 is 2.10 bits per heavy atom. The third kappa shape index (κ3) is 3.39. The number of amides is 1. The second-order valence-corrected chi connectivity index (χ2v) is 4.42. The maximum Gasteiger partial charge on any atom is 0.419 e. The van der Waals surface area contributed by atoms with E-state index in [9.17, 15) is 22.4 Å². The number of carbonyl (C=O) groups excluding carboxylic acids is 1. The Morgan fingerprint density at radius 3 is 2.67 bits per heavy atom. The Labute approximate surface area is 117 Å². The molecule has 1 aromatic heterocycles. The lowest BCUT2D eigenvalue weighted by molar-refractivity contribution is -0.140.